The zero-order valence-electron chi connectivity index (χ0n) is 8.48. The number of allylic oxidation sites excluding steroid dienone is 4. The Balaban J connectivity index is 2.11. The molecular formula is C13H6F4. The van der Waals surface area contributed by atoms with Gasteiger partial charge in [0.05, 0.1) is 0 Å². The molecule has 0 N–H and O–H groups in total. The molecule has 3 aliphatic carbocycles. The molecule has 4 heteroatoms. The van der Waals surface area contributed by atoms with Crippen LogP contribution in [0, 0.1) is 28.7 Å². The SMILES string of the molecule is Fc1c(F)c(F)c2c(c1F)[C@@H]1C=CC13C=C[C@@H]23. The van der Waals surface area contributed by atoms with E-state index in [1.807, 2.05) is 12.2 Å². The minimum absolute atomic E-state index is 0.0149. The van der Waals surface area contributed by atoms with Crippen molar-refractivity contribution in [3.8, 4) is 0 Å². The normalized spacial score (nSPS) is 34.8. The Morgan fingerprint density at radius 2 is 1.12 bits per heavy atom. The van der Waals surface area contributed by atoms with Crippen molar-refractivity contribution in [2.24, 2.45) is 5.41 Å². The molecule has 3 aliphatic rings. The van der Waals surface area contributed by atoms with Gasteiger partial charge < -0.3 is 0 Å². The van der Waals surface area contributed by atoms with Gasteiger partial charge in [0.25, 0.3) is 0 Å². The third kappa shape index (κ3) is 0.751. The molecule has 86 valence electrons. The van der Waals surface area contributed by atoms with Crippen molar-refractivity contribution in [2.75, 3.05) is 0 Å². The van der Waals surface area contributed by atoms with Crippen molar-refractivity contribution in [2.45, 2.75) is 11.8 Å². The lowest BCUT2D eigenvalue weighted by Gasteiger charge is -2.45. The molecule has 0 unspecified atom stereocenters. The fraction of sp³-hybridized carbons (Fsp3) is 0.231. The molecule has 1 spiro atoms. The van der Waals surface area contributed by atoms with Crippen molar-refractivity contribution < 1.29 is 17.6 Å². The largest absolute Gasteiger partial charge is 0.203 e. The van der Waals surface area contributed by atoms with Gasteiger partial charge in [-0.1, -0.05) is 24.3 Å². The lowest BCUT2D eigenvalue weighted by atomic mass is 9.57. The second-order valence-electron chi connectivity index (χ2n) is 4.76. The molecule has 1 aromatic rings. The van der Waals surface area contributed by atoms with Crippen LogP contribution < -0.4 is 0 Å². The Morgan fingerprint density at radius 3 is 1.41 bits per heavy atom. The van der Waals surface area contributed by atoms with Crippen molar-refractivity contribution in [1.29, 1.82) is 0 Å². The van der Waals surface area contributed by atoms with E-state index < -0.39 is 28.7 Å². The van der Waals surface area contributed by atoms with Gasteiger partial charge in [0.15, 0.2) is 23.3 Å². The summed E-state index contributed by atoms with van der Waals surface area (Å²) in [5.74, 6) is -6.61. The van der Waals surface area contributed by atoms with E-state index in [0.717, 1.165) is 0 Å². The van der Waals surface area contributed by atoms with Crippen LogP contribution >= 0.6 is 0 Å². The molecular weight excluding hydrogens is 232 g/mol. The van der Waals surface area contributed by atoms with Crippen LogP contribution in [-0.4, -0.2) is 0 Å². The molecule has 0 bridgehead atoms. The Morgan fingerprint density at radius 1 is 0.706 bits per heavy atom. The standard InChI is InChI=1S/C13H6F4/c14-9-7-5-1-3-13(5)4-2-6(13)8(7)10(15)12(17)11(9)16/h1-6H/t5-,6-,13?/m0/s1. The van der Waals surface area contributed by atoms with Crippen LogP contribution in [0.3, 0.4) is 0 Å². The van der Waals surface area contributed by atoms with E-state index in [-0.39, 0.29) is 23.0 Å². The van der Waals surface area contributed by atoms with Crippen LogP contribution in [0.2, 0.25) is 0 Å². The van der Waals surface area contributed by atoms with Crippen LogP contribution in [0.25, 0.3) is 0 Å². The Labute approximate surface area is 94.3 Å². The van der Waals surface area contributed by atoms with Crippen molar-refractivity contribution in [3.63, 3.8) is 0 Å². The van der Waals surface area contributed by atoms with E-state index in [1.165, 1.54) is 0 Å². The summed E-state index contributed by atoms with van der Waals surface area (Å²) in [6, 6.07) is 0. The van der Waals surface area contributed by atoms with Crippen LogP contribution in [-0.2, 0) is 0 Å². The topological polar surface area (TPSA) is 0 Å². The summed E-state index contributed by atoms with van der Waals surface area (Å²) < 4.78 is 53.9. The number of hydrogen-bond donors (Lipinski definition) is 0. The Kier molecular flexibility index (Phi) is 1.37. The summed E-state index contributed by atoms with van der Waals surface area (Å²) >= 11 is 0. The van der Waals surface area contributed by atoms with Gasteiger partial charge in [0, 0.05) is 28.4 Å². The molecule has 0 heterocycles. The number of rotatable bonds is 0. The second kappa shape index (κ2) is 2.47. The van der Waals surface area contributed by atoms with E-state index >= 15 is 0 Å². The summed E-state index contributed by atoms with van der Waals surface area (Å²) in [5, 5.41) is 0. The highest BCUT2D eigenvalue weighted by atomic mass is 19.2. The summed E-state index contributed by atoms with van der Waals surface area (Å²) in [6.07, 6.45) is 7.11. The average molecular weight is 238 g/mol. The van der Waals surface area contributed by atoms with Gasteiger partial charge in [0.1, 0.15) is 0 Å². The zero-order chi connectivity index (χ0) is 11.9. The maximum atomic E-state index is 13.7. The van der Waals surface area contributed by atoms with Gasteiger partial charge in [-0.25, -0.2) is 17.6 Å². The van der Waals surface area contributed by atoms with Crippen molar-refractivity contribution >= 4 is 0 Å². The third-order valence-corrected chi connectivity index (χ3v) is 4.20. The summed E-state index contributed by atoms with van der Waals surface area (Å²) in [4.78, 5) is 0. The lowest BCUT2D eigenvalue weighted by Crippen LogP contribution is -2.35. The highest BCUT2D eigenvalue weighted by Crippen LogP contribution is 2.68. The molecule has 2 atom stereocenters. The minimum Gasteiger partial charge on any atom is -0.203 e. The van der Waals surface area contributed by atoms with E-state index in [1.54, 1.807) is 12.2 Å². The maximum absolute atomic E-state index is 13.7. The highest BCUT2D eigenvalue weighted by Gasteiger charge is 2.59. The van der Waals surface area contributed by atoms with Crippen LogP contribution in [0.4, 0.5) is 17.6 Å². The zero-order valence-corrected chi connectivity index (χ0v) is 8.48. The Bertz CT molecular complexity index is 572. The maximum Gasteiger partial charge on any atom is 0.197 e. The fourth-order valence-corrected chi connectivity index (χ4v) is 3.25. The second-order valence-corrected chi connectivity index (χ2v) is 4.76. The van der Waals surface area contributed by atoms with Gasteiger partial charge in [-0.3, -0.25) is 0 Å². The fourth-order valence-electron chi connectivity index (χ4n) is 3.25. The smallest absolute Gasteiger partial charge is 0.197 e. The number of fused-ring (bicyclic) bond motifs is 3. The molecule has 0 aliphatic heterocycles. The van der Waals surface area contributed by atoms with Crippen LogP contribution in [0.5, 0.6) is 0 Å². The minimum atomic E-state index is -1.71. The number of hydrogen-bond acceptors (Lipinski definition) is 0. The summed E-state index contributed by atoms with van der Waals surface area (Å²) in [5.41, 5.74) is -0.456. The van der Waals surface area contributed by atoms with Gasteiger partial charge >= 0.3 is 0 Å². The van der Waals surface area contributed by atoms with E-state index in [9.17, 15) is 17.6 Å². The molecule has 0 amide bonds. The quantitative estimate of drug-likeness (QED) is 0.280. The molecule has 0 nitrogen and oxygen atoms in total. The number of halogens is 4. The van der Waals surface area contributed by atoms with Crippen LogP contribution in [0.15, 0.2) is 24.3 Å². The Hall–Kier alpha value is -1.58. The monoisotopic (exact) mass is 238 g/mol. The lowest BCUT2D eigenvalue weighted by molar-refractivity contribution is 0.345. The van der Waals surface area contributed by atoms with Gasteiger partial charge in [-0.2, -0.15) is 0 Å². The van der Waals surface area contributed by atoms with Crippen LogP contribution in [0.1, 0.15) is 23.0 Å². The molecule has 0 radical (unpaired) electrons. The first-order valence-electron chi connectivity index (χ1n) is 5.32. The highest BCUT2D eigenvalue weighted by molar-refractivity contribution is 5.62. The predicted molar refractivity (Wildman–Crippen MR) is 52.5 cm³/mol. The average Bonchev–Trinajstić information content (AvgIpc) is 2.36. The predicted octanol–water partition coefficient (Wildman–Crippen LogP) is 3.55. The summed E-state index contributed by atoms with van der Waals surface area (Å²) in [6.45, 7) is 0. The van der Waals surface area contributed by atoms with Crippen molar-refractivity contribution in [1.82, 2.24) is 0 Å². The first-order valence-corrected chi connectivity index (χ1v) is 5.32. The van der Waals surface area contributed by atoms with Gasteiger partial charge in [-0.15, -0.1) is 0 Å². The molecule has 1 aromatic carbocycles. The van der Waals surface area contributed by atoms with Gasteiger partial charge in [0.2, 0.25) is 0 Å². The first kappa shape index (κ1) is 9.45. The van der Waals surface area contributed by atoms with E-state index in [2.05, 4.69) is 0 Å². The van der Waals surface area contributed by atoms with E-state index in [0.29, 0.717) is 0 Å². The molecule has 0 saturated heterocycles. The molecule has 4 rings (SSSR count). The van der Waals surface area contributed by atoms with E-state index in [4.69, 9.17) is 0 Å². The van der Waals surface area contributed by atoms with Crippen molar-refractivity contribution in [3.05, 3.63) is 58.7 Å². The molecule has 0 fully saturated rings. The first-order chi connectivity index (χ1) is 8.08. The summed E-state index contributed by atoms with van der Waals surface area (Å²) in [7, 11) is 0. The molecule has 0 aromatic heterocycles. The molecule has 0 saturated carbocycles. The van der Waals surface area contributed by atoms with Gasteiger partial charge in [-0.05, 0) is 0 Å². The molecule has 17 heavy (non-hydrogen) atoms. The number of benzene rings is 1. The third-order valence-electron chi connectivity index (χ3n) is 4.20.